The lowest BCUT2D eigenvalue weighted by Gasteiger charge is -2.40. The van der Waals surface area contributed by atoms with Gasteiger partial charge in [0, 0.05) is 12.8 Å². The number of hydrogen-bond acceptors (Lipinski definition) is 10. The number of aliphatic hydroxyl groups excluding tert-OH is 5. The molecule has 6 N–H and O–H groups in total. The maximum Gasteiger partial charge on any atom is 0.305 e. The molecule has 1 heterocycles. The van der Waals surface area contributed by atoms with Crippen molar-refractivity contribution in [2.45, 2.75) is 371 Å². The lowest BCUT2D eigenvalue weighted by Crippen LogP contribution is -2.60. The van der Waals surface area contributed by atoms with Gasteiger partial charge < -0.3 is 45.1 Å². The third-order valence-electron chi connectivity index (χ3n) is 16.7. The Morgan fingerprint density at radius 3 is 1.26 bits per heavy atom. The Morgan fingerprint density at radius 2 is 0.802 bits per heavy atom. The monoisotopic (exact) mass is 1210 g/mol. The summed E-state index contributed by atoms with van der Waals surface area (Å²) >= 11 is 0. The first-order valence-electron chi connectivity index (χ1n) is 36.2. The Morgan fingerprint density at radius 1 is 0.430 bits per heavy atom. The first-order chi connectivity index (χ1) is 42.2. The smallest absolute Gasteiger partial charge is 0.305 e. The summed E-state index contributed by atoms with van der Waals surface area (Å²) in [5.41, 5.74) is 0. The van der Waals surface area contributed by atoms with Crippen LogP contribution in [0.15, 0.2) is 72.9 Å². The van der Waals surface area contributed by atoms with E-state index in [1.165, 1.54) is 225 Å². The van der Waals surface area contributed by atoms with Crippen molar-refractivity contribution in [2.75, 3.05) is 19.8 Å². The van der Waals surface area contributed by atoms with Crippen LogP contribution < -0.4 is 5.32 Å². The molecule has 1 aliphatic rings. The largest absolute Gasteiger partial charge is 0.466 e. The van der Waals surface area contributed by atoms with E-state index in [-0.39, 0.29) is 18.5 Å². The zero-order chi connectivity index (χ0) is 62.3. The van der Waals surface area contributed by atoms with Gasteiger partial charge in [0.05, 0.1) is 32.0 Å². The van der Waals surface area contributed by atoms with Crippen LogP contribution in [0, 0.1) is 0 Å². The second kappa shape index (κ2) is 63.7. The van der Waals surface area contributed by atoms with Gasteiger partial charge in [0.15, 0.2) is 6.29 Å². The maximum atomic E-state index is 13.1. The van der Waals surface area contributed by atoms with E-state index in [9.17, 15) is 35.1 Å². The minimum absolute atomic E-state index is 0.00502. The first kappa shape index (κ1) is 81.1. The summed E-state index contributed by atoms with van der Waals surface area (Å²) in [6.45, 7) is 4.28. The minimum atomic E-state index is -1.58. The summed E-state index contributed by atoms with van der Waals surface area (Å²) in [5.74, 6) is -0.199. The molecular formula is C75H135NO10. The van der Waals surface area contributed by atoms with E-state index in [2.05, 4.69) is 79.9 Å². The highest BCUT2D eigenvalue weighted by molar-refractivity contribution is 5.76. The van der Waals surface area contributed by atoms with Crippen molar-refractivity contribution in [3.8, 4) is 0 Å². The zero-order valence-electron chi connectivity index (χ0n) is 55.5. The van der Waals surface area contributed by atoms with Crippen LogP contribution in [0.25, 0.3) is 0 Å². The van der Waals surface area contributed by atoms with Gasteiger partial charge in [-0.05, 0) is 109 Å². The molecule has 0 aromatic carbocycles. The molecule has 0 radical (unpaired) electrons. The average Bonchev–Trinajstić information content (AvgIpc) is 2.19. The van der Waals surface area contributed by atoms with Gasteiger partial charge in [-0.25, -0.2) is 0 Å². The number of allylic oxidation sites excluding steroid dienone is 11. The molecule has 1 aliphatic heterocycles. The lowest BCUT2D eigenvalue weighted by atomic mass is 9.99. The molecule has 500 valence electrons. The Balaban J connectivity index is 1.99. The molecule has 1 fully saturated rings. The lowest BCUT2D eigenvalue weighted by molar-refractivity contribution is -0.302. The number of carbonyl (C=O) groups is 2. The average molecular weight is 1210 g/mol. The fourth-order valence-corrected chi connectivity index (χ4v) is 11.0. The van der Waals surface area contributed by atoms with E-state index in [4.69, 9.17) is 14.2 Å². The third-order valence-corrected chi connectivity index (χ3v) is 16.7. The van der Waals surface area contributed by atoms with Gasteiger partial charge >= 0.3 is 5.97 Å². The molecule has 0 bridgehead atoms. The van der Waals surface area contributed by atoms with Gasteiger partial charge in [0.2, 0.25) is 5.91 Å². The molecule has 11 heteroatoms. The summed E-state index contributed by atoms with van der Waals surface area (Å²) in [4.78, 5) is 25.1. The van der Waals surface area contributed by atoms with Crippen LogP contribution in [0.2, 0.25) is 0 Å². The molecule has 7 atom stereocenters. The molecule has 11 nitrogen and oxygen atoms in total. The third kappa shape index (κ3) is 51.9. The number of rotatable bonds is 63. The molecule has 86 heavy (non-hydrogen) atoms. The predicted octanol–water partition coefficient (Wildman–Crippen LogP) is 18.7. The fourth-order valence-electron chi connectivity index (χ4n) is 11.0. The molecule has 1 saturated heterocycles. The van der Waals surface area contributed by atoms with Crippen LogP contribution in [0.3, 0.4) is 0 Å². The van der Waals surface area contributed by atoms with Gasteiger partial charge in [-0.3, -0.25) is 9.59 Å². The SMILES string of the molecule is CCCC/C=C\CCCCCCCC(=O)OCCCCCCCCCCC/C=C\C/C=C\CCCCCCCCCCCCCCCCCCCC(=O)NC(COC1OC(CO)C(O)C(O)C1O)C(O)/C=C/CC/C=C/CC/C=C/CCCCCC. The van der Waals surface area contributed by atoms with Crippen molar-refractivity contribution < 1.29 is 49.3 Å². The van der Waals surface area contributed by atoms with Gasteiger partial charge in [-0.2, -0.15) is 0 Å². The van der Waals surface area contributed by atoms with Gasteiger partial charge in [-0.15, -0.1) is 0 Å². The van der Waals surface area contributed by atoms with Crippen molar-refractivity contribution in [1.29, 1.82) is 0 Å². The zero-order valence-corrected chi connectivity index (χ0v) is 55.5. The Bertz CT molecular complexity index is 1660. The van der Waals surface area contributed by atoms with E-state index < -0.39 is 49.5 Å². The minimum Gasteiger partial charge on any atom is -0.466 e. The highest BCUT2D eigenvalue weighted by Gasteiger charge is 2.44. The summed E-state index contributed by atoms with van der Waals surface area (Å²) in [7, 11) is 0. The summed E-state index contributed by atoms with van der Waals surface area (Å²) in [6, 6.07) is -0.835. The number of ether oxygens (including phenoxy) is 3. The van der Waals surface area contributed by atoms with Crippen molar-refractivity contribution in [3.63, 3.8) is 0 Å². The van der Waals surface area contributed by atoms with Gasteiger partial charge in [0.1, 0.15) is 24.4 Å². The second-order valence-electron chi connectivity index (χ2n) is 24.9. The molecule has 0 saturated carbocycles. The van der Waals surface area contributed by atoms with Gasteiger partial charge in [0.25, 0.3) is 0 Å². The molecule has 1 rings (SSSR count). The van der Waals surface area contributed by atoms with Crippen LogP contribution >= 0.6 is 0 Å². The number of carbonyl (C=O) groups excluding carboxylic acids is 2. The molecule has 0 spiro atoms. The predicted molar refractivity (Wildman–Crippen MR) is 361 cm³/mol. The van der Waals surface area contributed by atoms with Crippen LogP contribution in [0.1, 0.15) is 328 Å². The van der Waals surface area contributed by atoms with Gasteiger partial charge in [-0.1, -0.05) is 279 Å². The van der Waals surface area contributed by atoms with E-state index in [0.29, 0.717) is 19.4 Å². The summed E-state index contributed by atoms with van der Waals surface area (Å²) in [5, 5.41) is 54.5. The topological polar surface area (TPSA) is 175 Å². The van der Waals surface area contributed by atoms with E-state index in [0.717, 1.165) is 77.0 Å². The maximum absolute atomic E-state index is 13.1. The van der Waals surface area contributed by atoms with Crippen molar-refractivity contribution >= 4 is 11.9 Å². The Hall–Kier alpha value is -2.90. The summed E-state index contributed by atoms with van der Waals surface area (Å²) in [6.07, 6.45) is 76.1. The van der Waals surface area contributed by atoms with Crippen molar-refractivity contribution in [1.82, 2.24) is 5.32 Å². The van der Waals surface area contributed by atoms with Crippen LogP contribution in [0.5, 0.6) is 0 Å². The molecule has 7 unspecified atom stereocenters. The van der Waals surface area contributed by atoms with E-state index in [1.54, 1.807) is 6.08 Å². The van der Waals surface area contributed by atoms with Crippen LogP contribution in [0.4, 0.5) is 0 Å². The van der Waals surface area contributed by atoms with Crippen LogP contribution in [-0.4, -0.2) is 100 Å². The standard InChI is InChI=1S/C75H135NO10/c1-3-5-7-9-11-13-15-16-38-42-45-49-53-57-61-68(78)67(66-85-75-74(83)73(82)72(81)69(65-77)86-75)76-70(79)62-58-54-50-46-43-39-36-34-32-30-28-26-24-22-20-18-17-19-21-23-25-27-29-31-33-35-37-40-44-48-52-56-60-64-84-71(80)63-59-55-51-47-41-14-12-10-8-6-4-2/h10,12-13,15,21,23,27,29,42,45,57,61,67-69,72-75,77-78,81-83H,3-9,11,14,16-20,22,24-26,28,30-41,43-44,46-56,58-60,62-66H2,1-2H3,(H,76,79)/b12-10-,15-13+,23-21-,29-27-,45-42+,61-57+. The van der Waals surface area contributed by atoms with Crippen LogP contribution in [-0.2, 0) is 23.8 Å². The summed E-state index contributed by atoms with van der Waals surface area (Å²) < 4.78 is 16.7. The van der Waals surface area contributed by atoms with Crippen molar-refractivity contribution in [2.24, 2.45) is 0 Å². The first-order valence-corrected chi connectivity index (χ1v) is 36.2. The normalized spacial score (nSPS) is 18.3. The Kier molecular flexibility index (Phi) is 60.0. The molecule has 0 aliphatic carbocycles. The quantitative estimate of drug-likeness (QED) is 0.0195. The molecule has 0 aromatic rings. The molecule has 1 amide bonds. The van der Waals surface area contributed by atoms with Crippen molar-refractivity contribution in [3.05, 3.63) is 72.9 Å². The van der Waals surface area contributed by atoms with E-state index in [1.807, 2.05) is 6.08 Å². The van der Waals surface area contributed by atoms with E-state index >= 15 is 0 Å². The Labute approximate surface area is 528 Å². The number of hydrogen-bond donors (Lipinski definition) is 6. The number of unbranched alkanes of at least 4 members (excludes halogenated alkanes) is 39. The fraction of sp³-hybridized carbons (Fsp3) is 0.813. The number of amides is 1. The molecule has 0 aromatic heterocycles. The number of nitrogens with one attached hydrogen (secondary N) is 1. The number of aliphatic hydroxyl groups is 5. The second-order valence-corrected chi connectivity index (χ2v) is 24.9. The highest BCUT2D eigenvalue weighted by Crippen LogP contribution is 2.23. The highest BCUT2D eigenvalue weighted by atomic mass is 16.7. The molecular weight excluding hydrogens is 1070 g/mol. The number of esters is 1.